The number of nitrogens with zero attached hydrogens (tertiary/aromatic N) is 1. The summed E-state index contributed by atoms with van der Waals surface area (Å²) in [5.74, 6) is 0.903. The summed E-state index contributed by atoms with van der Waals surface area (Å²) in [4.78, 5) is 15.2. The lowest BCUT2D eigenvalue weighted by atomic mass is 10.1. The Balaban J connectivity index is 2.43. The van der Waals surface area contributed by atoms with E-state index in [1.807, 2.05) is 12.1 Å². The van der Waals surface area contributed by atoms with Crippen LogP contribution in [0, 0.1) is 0 Å². The van der Waals surface area contributed by atoms with Crippen LogP contribution < -0.4 is 9.47 Å². The molecule has 0 radical (unpaired) electrons. The summed E-state index contributed by atoms with van der Waals surface area (Å²) >= 11 is 0. The second kappa shape index (κ2) is 11.5. The number of carbonyl (C=O) groups excluding carboxylic acids is 1. The number of methoxy groups -OCH3 is 1. The Morgan fingerprint density at radius 2 is 1.87 bits per heavy atom. The van der Waals surface area contributed by atoms with E-state index in [2.05, 4.69) is 16.9 Å². The van der Waals surface area contributed by atoms with Crippen molar-refractivity contribution in [2.24, 2.45) is 5.16 Å². The SMILES string of the molecule is CCCCCCCCOc1ccc(/C=N/OC(C)=O)cc1OC. The van der Waals surface area contributed by atoms with Gasteiger partial charge in [-0.05, 0) is 24.6 Å². The first-order chi connectivity index (χ1) is 11.2. The predicted molar refractivity (Wildman–Crippen MR) is 91.2 cm³/mol. The van der Waals surface area contributed by atoms with E-state index < -0.39 is 5.97 Å². The minimum Gasteiger partial charge on any atom is -0.493 e. The van der Waals surface area contributed by atoms with Gasteiger partial charge in [0.05, 0.1) is 19.9 Å². The molecule has 0 unspecified atom stereocenters. The lowest BCUT2D eigenvalue weighted by Gasteiger charge is -2.11. The van der Waals surface area contributed by atoms with Crippen LogP contribution in [0.4, 0.5) is 0 Å². The number of oxime groups is 1. The molecule has 0 saturated carbocycles. The van der Waals surface area contributed by atoms with Gasteiger partial charge in [0.25, 0.3) is 0 Å². The van der Waals surface area contributed by atoms with Crippen molar-refractivity contribution in [2.75, 3.05) is 13.7 Å². The van der Waals surface area contributed by atoms with E-state index in [4.69, 9.17) is 9.47 Å². The molecular weight excluding hydrogens is 294 g/mol. The highest BCUT2D eigenvalue weighted by Gasteiger charge is 2.05. The Kier molecular flexibility index (Phi) is 9.52. The highest BCUT2D eigenvalue weighted by atomic mass is 16.7. The van der Waals surface area contributed by atoms with Gasteiger partial charge in [-0.15, -0.1) is 0 Å². The average Bonchev–Trinajstić information content (AvgIpc) is 2.54. The number of benzene rings is 1. The van der Waals surface area contributed by atoms with Gasteiger partial charge < -0.3 is 14.3 Å². The lowest BCUT2D eigenvalue weighted by molar-refractivity contribution is -0.140. The molecule has 0 aliphatic carbocycles. The summed E-state index contributed by atoms with van der Waals surface area (Å²) in [5.41, 5.74) is 0.773. The van der Waals surface area contributed by atoms with Crippen LogP contribution in [0.2, 0.25) is 0 Å². The average molecular weight is 321 g/mol. The van der Waals surface area contributed by atoms with Crippen molar-refractivity contribution >= 4 is 12.2 Å². The molecule has 0 aliphatic heterocycles. The summed E-state index contributed by atoms with van der Waals surface area (Å²) < 4.78 is 11.1. The number of rotatable bonds is 11. The monoisotopic (exact) mass is 321 g/mol. The van der Waals surface area contributed by atoms with Crippen LogP contribution >= 0.6 is 0 Å². The maximum absolute atomic E-state index is 10.7. The van der Waals surface area contributed by atoms with Gasteiger partial charge in [-0.25, -0.2) is 4.79 Å². The molecule has 0 atom stereocenters. The molecule has 1 rings (SSSR count). The molecular formula is C18H27NO4. The van der Waals surface area contributed by atoms with Crippen LogP contribution in [0.25, 0.3) is 0 Å². The lowest BCUT2D eigenvalue weighted by Crippen LogP contribution is -2.00. The second-order valence-corrected chi connectivity index (χ2v) is 5.34. The van der Waals surface area contributed by atoms with Crippen molar-refractivity contribution in [1.29, 1.82) is 0 Å². The Morgan fingerprint density at radius 1 is 1.13 bits per heavy atom. The quantitative estimate of drug-likeness (QED) is 0.263. The molecule has 0 heterocycles. The van der Waals surface area contributed by atoms with Gasteiger partial charge in [0.15, 0.2) is 11.5 Å². The normalized spacial score (nSPS) is 10.7. The fourth-order valence-corrected chi connectivity index (χ4v) is 2.11. The van der Waals surface area contributed by atoms with E-state index in [0.29, 0.717) is 18.1 Å². The van der Waals surface area contributed by atoms with Gasteiger partial charge in [0.1, 0.15) is 0 Å². The summed E-state index contributed by atoms with van der Waals surface area (Å²) in [6.45, 7) is 4.20. The predicted octanol–water partition coefficient (Wildman–Crippen LogP) is 4.33. The molecule has 0 saturated heterocycles. The van der Waals surface area contributed by atoms with Crippen molar-refractivity contribution in [3.8, 4) is 11.5 Å². The minimum absolute atomic E-state index is 0.452. The maximum atomic E-state index is 10.7. The number of hydrogen-bond acceptors (Lipinski definition) is 5. The molecule has 0 spiro atoms. The summed E-state index contributed by atoms with van der Waals surface area (Å²) in [6.07, 6.45) is 8.83. The Morgan fingerprint density at radius 3 is 2.57 bits per heavy atom. The van der Waals surface area contributed by atoms with Gasteiger partial charge in [0, 0.05) is 12.5 Å². The van der Waals surface area contributed by atoms with Crippen LogP contribution in [0.3, 0.4) is 0 Å². The van der Waals surface area contributed by atoms with Crippen molar-refractivity contribution in [3.63, 3.8) is 0 Å². The smallest absolute Gasteiger partial charge is 0.331 e. The molecule has 23 heavy (non-hydrogen) atoms. The van der Waals surface area contributed by atoms with Crippen LogP contribution in [-0.4, -0.2) is 25.9 Å². The van der Waals surface area contributed by atoms with Crippen molar-refractivity contribution in [1.82, 2.24) is 0 Å². The topological polar surface area (TPSA) is 57.1 Å². The van der Waals surface area contributed by atoms with E-state index in [-0.39, 0.29) is 0 Å². The van der Waals surface area contributed by atoms with Gasteiger partial charge >= 0.3 is 5.97 Å². The third-order valence-corrected chi connectivity index (χ3v) is 3.33. The summed E-state index contributed by atoms with van der Waals surface area (Å²) in [7, 11) is 1.60. The Labute approximate surface area is 138 Å². The molecule has 0 aromatic heterocycles. The van der Waals surface area contributed by atoms with E-state index in [1.165, 1.54) is 45.2 Å². The number of carbonyl (C=O) groups is 1. The molecule has 0 bridgehead atoms. The molecule has 1 aromatic rings. The third-order valence-electron chi connectivity index (χ3n) is 3.33. The molecule has 0 N–H and O–H groups in total. The molecule has 0 amide bonds. The van der Waals surface area contributed by atoms with Crippen LogP contribution in [0.5, 0.6) is 11.5 Å². The van der Waals surface area contributed by atoms with Crippen LogP contribution in [-0.2, 0) is 9.63 Å². The first-order valence-corrected chi connectivity index (χ1v) is 8.19. The zero-order chi connectivity index (χ0) is 16.9. The third kappa shape index (κ3) is 8.24. The number of hydrogen-bond donors (Lipinski definition) is 0. The zero-order valence-corrected chi connectivity index (χ0v) is 14.3. The fourth-order valence-electron chi connectivity index (χ4n) is 2.11. The Bertz CT molecular complexity index is 500. The highest BCUT2D eigenvalue weighted by Crippen LogP contribution is 2.27. The number of ether oxygens (including phenoxy) is 2. The molecule has 1 aromatic carbocycles. The van der Waals surface area contributed by atoms with E-state index in [0.717, 1.165) is 12.0 Å². The molecule has 0 fully saturated rings. The van der Waals surface area contributed by atoms with Crippen molar-refractivity contribution in [2.45, 2.75) is 52.4 Å². The second-order valence-electron chi connectivity index (χ2n) is 5.34. The first-order valence-electron chi connectivity index (χ1n) is 8.19. The van der Waals surface area contributed by atoms with E-state index >= 15 is 0 Å². The fraction of sp³-hybridized carbons (Fsp3) is 0.556. The van der Waals surface area contributed by atoms with Gasteiger partial charge in [-0.2, -0.15) is 0 Å². The van der Waals surface area contributed by atoms with Crippen molar-refractivity contribution < 1.29 is 19.1 Å². The molecule has 5 heteroatoms. The van der Waals surface area contributed by atoms with E-state index in [9.17, 15) is 4.79 Å². The Hall–Kier alpha value is -2.04. The summed E-state index contributed by atoms with van der Waals surface area (Å²) in [5, 5.41) is 3.59. The van der Waals surface area contributed by atoms with Gasteiger partial charge in [-0.3, -0.25) is 0 Å². The van der Waals surface area contributed by atoms with Gasteiger partial charge in [-0.1, -0.05) is 44.2 Å². The molecule has 0 aliphatic rings. The van der Waals surface area contributed by atoms with E-state index in [1.54, 1.807) is 13.2 Å². The largest absolute Gasteiger partial charge is 0.493 e. The summed E-state index contributed by atoms with van der Waals surface area (Å²) in [6, 6.07) is 5.47. The molecule has 5 nitrogen and oxygen atoms in total. The number of unbranched alkanes of at least 4 members (excludes halogenated alkanes) is 5. The van der Waals surface area contributed by atoms with Crippen LogP contribution in [0.15, 0.2) is 23.4 Å². The zero-order valence-electron chi connectivity index (χ0n) is 14.3. The minimum atomic E-state index is -0.452. The molecule has 128 valence electrons. The first kappa shape index (κ1) is 19.0. The van der Waals surface area contributed by atoms with Gasteiger partial charge in [0.2, 0.25) is 0 Å². The highest BCUT2D eigenvalue weighted by molar-refractivity contribution is 5.81. The van der Waals surface area contributed by atoms with Crippen molar-refractivity contribution in [3.05, 3.63) is 23.8 Å². The standard InChI is InChI=1S/C18H27NO4/c1-4-5-6-7-8-9-12-22-17-11-10-16(13-18(17)21-3)14-19-23-15(2)20/h10-11,13-14H,4-9,12H2,1-3H3/b19-14+. The van der Waals surface area contributed by atoms with Crippen LogP contribution in [0.1, 0.15) is 57.9 Å². The maximum Gasteiger partial charge on any atom is 0.331 e.